The number of carbonyl (C=O) groups is 3. The van der Waals surface area contributed by atoms with Gasteiger partial charge in [-0.2, -0.15) is 13.2 Å². The molecule has 3 amide bonds. The van der Waals surface area contributed by atoms with Crippen LogP contribution in [-0.2, 0) is 22.6 Å². The van der Waals surface area contributed by atoms with E-state index in [1.165, 1.54) is 0 Å². The topological polar surface area (TPSA) is 96.4 Å². The summed E-state index contributed by atoms with van der Waals surface area (Å²) in [6, 6.07) is 18.6. The number of alkyl halides is 3. The standard InChI is InChI=1S/C41H46F3N5O4/c42-41(43,44)23-29-2-1-28-22-33(50)8-10-34(28)38(29)27-3-5-31(6-4-27)47-15-13-26(14-16-47)24-46-17-19-48(20-18-46)32-7-9-35-30(21-32)25-49(40(35)53)36-11-12-37(51)45-39(36)52/h3-10,21-22,26,29,36,38,50H,1-2,11-20,23-25H2,(H,45,51,52)/t29-,36?,38+/m1/s1. The summed E-state index contributed by atoms with van der Waals surface area (Å²) in [6.45, 7) is 7.01. The fourth-order valence-electron chi connectivity index (χ4n) is 9.42. The number of nitrogens with zero attached hydrogens (tertiary/aromatic N) is 4. The molecule has 0 spiro atoms. The van der Waals surface area contributed by atoms with Crippen molar-refractivity contribution in [2.45, 2.75) is 69.6 Å². The second kappa shape index (κ2) is 14.3. The molecule has 9 nitrogen and oxygen atoms in total. The van der Waals surface area contributed by atoms with Crippen molar-refractivity contribution in [2.24, 2.45) is 11.8 Å². The van der Waals surface area contributed by atoms with Gasteiger partial charge in [0.2, 0.25) is 11.8 Å². The third kappa shape index (κ3) is 7.47. The number of nitrogens with one attached hydrogen (secondary N) is 1. The smallest absolute Gasteiger partial charge is 0.389 e. The molecule has 3 saturated heterocycles. The Hall–Kier alpha value is -4.58. The van der Waals surface area contributed by atoms with Crippen molar-refractivity contribution >= 4 is 29.1 Å². The monoisotopic (exact) mass is 729 g/mol. The quantitative estimate of drug-likeness (QED) is 0.296. The molecule has 3 fully saturated rings. The van der Waals surface area contributed by atoms with Gasteiger partial charge in [0.15, 0.2) is 0 Å². The lowest BCUT2D eigenvalue weighted by Crippen LogP contribution is -2.52. The summed E-state index contributed by atoms with van der Waals surface area (Å²) in [5.74, 6) is -0.986. The minimum absolute atomic E-state index is 0.148. The second-order valence-electron chi connectivity index (χ2n) is 15.5. The van der Waals surface area contributed by atoms with Crippen molar-refractivity contribution in [3.63, 3.8) is 0 Å². The van der Waals surface area contributed by atoms with E-state index in [4.69, 9.17) is 0 Å². The SMILES string of the molecule is O=C1CCC(N2Cc3cc(N4CCN(CC5CCN(c6ccc([C@@H]7c8ccc(O)cc8CC[C@@H]7CC(F)(F)F)cc6)CC5)CC4)ccc3C2=O)C(=O)N1. The number of aryl methyl sites for hydroxylation is 1. The highest BCUT2D eigenvalue weighted by molar-refractivity contribution is 6.05. The van der Waals surface area contributed by atoms with Crippen molar-refractivity contribution in [1.29, 1.82) is 0 Å². The van der Waals surface area contributed by atoms with E-state index in [1.54, 1.807) is 23.1 Å². The summed E-state index contributed by atoms with van der Waals surface area (Å²) in [6.07, 6.45) is -1.31. The molecular weight excluding hydrogens is 683 g/mol. The Balaban J connectivity index is 0.830. The van der Waals surface area contributed by atoms with Crippen LogP contribution in [-0.4, -0.2) is 90.7 Å². The van der Waals surface area contributed by atoms with Crippen LogP contribution in [0, 0.1) is 11.8 Å². The zero-order chi connectivity index (χ0) is 36.9. The number of carbonyl (C=O) groups excluding carboxylic acids is 3. The van der Waals surface area contributed by atoms with E-state index in [2.05, 4.69) is 38.2 Å². The molecule has 12 heteroatoms. The Kier molecular flexibility index (Phi) is 9.59. The Morgan fingerprint density at radius 3 is 2.19 bits per heavy atom. The molecule has 3 aromatic carbocycles. The summed E-state index contributed by atoms with van der Waals surface area (Å²) in [4.78, 5) is 46.0. The maximum absolute atomic E-state index is 13.6. The maximum atomic E-state index is 13.6. The first-order valence-electron chi connectivity index (χ1n) is 19.0. The molecule has 3 atom stereocenters. The van der Waals surface area contributed by atoms with Crippen LogP contribution in [0.25, 0.3) is 0 Å². The molecule has 0 aromatic heterocycles. The molecular formula is C41H46F3N5O4. The number of rotatable bonds is 7. The lowest BCUT2D eigenvalue weighted by atomic mass is 9.70. The summed E-state index contributed by atoms with van der Waals surface area (Å²) >= 11 is 0. The number of fused-ring (bicyclic) bond motifs is 2. The highest BCUT2D eigenvalue weighted by atomic mass is 19.4. The van der Waals surface area contributed by atoms with Crippen LogP contribution in [0.3, 0.4) is 0 Å². The van der Waals surface area contributed by atoms with E-state index < -0.39 is 30.5 Å². The second-order valence-corrected chi connectivity index (χ2v) is 15.5. The number of halogens is 3. The van der Waals surface area contributed by atoms with Crippen LogP contribution >= 0.6 is 0 Å². The summed E-state index contributed by atoms with van der Waals surface area (Å²) < 4.78 is 40.8. The Bertz CT molecular complexity index is 1870. The molecule has 4 aliphatic heterocycles. The zero-order valence-electron chi connectivity index (χ0n) is 29.8. The van der Waals surface area contributed by atoms with Crippen LogP contribution in [0.4, 0.5) is 24.5 Å². The minimum atomic E-state index is -4.23. The number of hydrogen-bond acceptors (Lipinski definition) is 7. The number of piperidine rings is 2. The third-order valence-electron chi connectivity index (χ3n) is 12.2. The Labute approximate surface area is 307 Å². The van der Waals surface area contributed by atoms with Gasteiger partial charge in [-0.1, -0.05) is 18.2 Å². The van der Waals surface area contributed by atoms with Gasteiger partial charge in [0.25, 0.3) is 5.91 Å². The first kappa shape index (κ1) is 35.4. The lowest BCUT2D eigenvalue weighted by molar-refractivity contribution is -0.146. The fraction of sp³-hybridized carbons (Fsp3) is 0.488. The van der Waals surface area contributed by atoms with Gasteiger partial charge < -0.3 is 19.8 Å². The minimum Gasteiger partial charge on any atom is -0.508 e. The molecule has 53 heavy (non-hydrogen) atoms. The van der Waals surface area contributed by atoms with Gasteiger partial charge in [0.1, 0.15) is 11.8 Å². The number of amides is 3. The molecule has 1 aliphatic carbocycles. The van der Waals surface area contributed by atoms with Gasteiger partial charge in [-0.25, -0.2) is 0 Å². The number of benzene rings is 3. The average molecular weight is 730 g/mol. The normalized spacial score (nSPS) is 24.3. The Morgan fingerprint density at radius 1 is 0.755 bits per heavy atom. The Morgan fingerprint density at radius 2 is 1.47 bits per heavy atom. The van der Waals surface area contributed by atoms with Gasteiger partial charge in [-0.05, 0) is 109 Å². The molecule has 2 N–H and O–H groups in total. The van der Waals surface area contributed by atoms with Crippen molar-refractivity contribution in [1.82, 2.24) is 15.1 Å². The van der Waals surface area contributed by atoms with E-state index in [0.29, 0.717) is 37.3 Å². The third-order valence-corrected chi connectivity index (χ3v) is 12.2. The highest BCUT2D eigenvalue weighted by Crippen LogP contribution is 2.46. The number of anilines is 2. The van der Waals surface area contributed by atoms with Crippen molar-refractivity contribution < 1.29 is 32.7 Å². The summed E-state index contributed by atoms with van der Waals surface area (Å²) in [5.41, 5.74) is 6.46. The van der Waals surface area contributed by atoms with E-state index in [-0.39, 0.29) is 29.9 Å². The van der Waals surface area contributed by atoms with Crippen LogP contribution in [0.1, 0.15) is 77.1 Å². The molecule has 3 aromatic rings. The van der Waals surface area contributed by atoms with Crippen LogP contribution in [0.15, 0.2) is 60.7 Å². The van der Waals surface area contributed by atoms with Crippen molar-refractivity contribution in [2.75, 3.05) is 55.6 Å². The molecule has 4 heterocycles. The average Bonchev–Trinajstić information content (AvgIpc) is 3.46. The summed E-state index contributed by atoms with van der Waals surface area (Å²) in [5, 5.41) is 12.4. The van der Waals surface area contributed by atoms with Gasteiger partial charge >= 0.3 is 6.18 Å². The van der Waals surface area contributed by atoms with Gasteiger partial charge in [0, 0.05) is 88.1 Å². The van der Waals surface area contributed by atoms with Gasteiger partial charge in [-0.3, -0.25) is 24.6 Å². The summed E-state index contributed by atoms with van der Waals surface area (Å²) in [7, 11) is 0. The van der Waals surface area contributed by atoms with Gasteiger partial charge in [-0.15, -0.1) is 0 Å². The van der Waals surface area contributed by atoms with E-state index in [1.807, 2.05) is 24.3 Å². The van der Waals surface area contributed by atoms with Crippen molar-refractivity contribution in [3.05, 3.63) is 88.5 Å². The van der Waals surface area contributed by atoms with E-state index >= 15 is 0 Å². The van der Waals surface area contributed by atoms with E-state index in [9.17, 15) is 32.7 Å². The zero-order valence-corrected chi connectivity index (χ0v) is 29.8. The number of aromatic hydroxyl groups is 1. The molecule has 0 radical (unpaired) electrons. The molecule has 0 saturated carbocycles. The first-order valence-corrected chi connectivity index (χ1v) is 19.0. The first-order chi connectivity index (χ1) is 25.5. The number of hydrogen-bond donors (Lipinski definition) is 2. The van der Waals surface area contributed by atoms with Crippen LogP contribution in [0.5, 0.6) is 5.75 Å². The number of phenolic OH excluding ortho intramolecular Hbond substituents is 1. The molecule has 5 aliphatic rings. The number of phenols is 1. The molecule has 1 unspecified atom stereocenters. The predicted molar refractivity (Wildman–Crippen MR) is 195 cm³/mol. The lowest BCUT2D eigenvalue weighted by Gasteiger charge is -2.40. The fourth-order valence-corrected chi connectivity index (χ4v) is 9.42. The largest absolute Gasteiger partial charge is 0.508 e. The molecule has 8 rings (SSSR count). The highest BCUT2D eigenvalue weighted by Gasteiger charge is 2.41. The predicted octanol–water partition coefficient (Wildman–Crippen LogP) is 5.84. The van der Waals surface area contributed by atoms with E-state index in [0.717, 1.165) is 92.3 Å². The number of imide groups is 1. The molecule has 280 valence electrons. The van der Waals surface area contributed by atoms with Crippen LogP contribution in [0.2, 0.25) is 0 Å². The number of piperazine rings is 1. The maximum Gasteiger partial charge on any atom is 0.389 e. The van der Waals surface area contributed by atoms with Crippen LogP contribution < -0.4 is 15.1 Å². The van der Waals surface area contributed by atoms with Gasteiger partial charge in [0.05, 0.1) is 0 Å². The van der Waals surface area contributed by atoms with Crippen molar-refractivity contribution in [3.8, 4) is 5.75 Å². The molecule has 0 bridgehead atoms.